The fourth-order valence-corrected chi connectivity index (χ4v) is 4.16. The molecule has 2 heterocycles. The zero-order chi connectivity index (χ0) is 20.9. The molecule has 3 aromatic rings. The van der Waals surface area contributed by atoms with Gasteiger partial charge in [0.1, 0.15) is 23.8 Å². The summed E-state index contributed by atoms with van der Waals surface area (Å²) >= 11 is 1.38. The first-order chi connectivity index (χ1) is 14.7. The highest BCUT2D eigenvalue weighted by molar-refractivity contribution is 7.15. The molecule has 0 bridgehead atoms. The van der Waals surface area contributed by atoms with Crippen LogP contribution >= 0.6 is 11.3 Å². The lowest BCUT2D eigenvalue weighted by atomic mass is 10.0. The molecule has 0 aliphatic carbocycles. The molecular weight excluding hydrogens is 402 g/mol. The zero-order valence-corrected chi connectivity index (χ0v) is 17.3. The minimum Gasteiger partial charge on any atom is -0.486 e. The summed E-state index contributed by atoms with van der Waals surface area (Å²) in [7, 11) is 0. The molecule has 1 aliphatic rings. The normalized spacial score (nSPS) is 12.3. The highest BCUT2D eigenvalue weighted by atomic mass is 32.1. The van der Waals surface area contributed by atoms with Crippen molar-refractivity contribution in [3.8, 4) is 22.6 Å². The minimum absolute atomic E-state index is 0.0425. The van der Waals surface area contributed by atoms with Crippen LogP contribution in [0.2, 0.25) is 0 Å². The van der Waals surface area contributed by atoms with Crippen molar-refractivity contribution in [1.82, 2.24) is 0 Å². The number of thiophene rings is 1. The van der Waals surface area contributed by atoms with Crippen LogP contribution in [0.15, 0.2) is 53.9 Å². The van der Waals surface area contributed by atoms with Crippen LogP contribution in [0.1, 0.15) is 27.6 Å². The second-order valence-electron chi connectivity index (χ2n) is 6.58. The SMILES string of the molecule is CCOC(=O)c1c(-c2ccccc2)csc1NCC(=O)c1ccc2c(c1)OCCO2. The first-order valence-corrected chi connectivity index (χ1v) is 10.6. The Labute approximate surface area is 178 Å². The molecule has 1 N–H and O–H groups in total. The molecule has 0 spiro atoms. The van der Waals surface area contributed by atoms with Crippen LogP contribution in [-0.2, 0) is 4.74 Å². The fraction of sp³-hybridized carbons (Fsp3) is 0.217. The summed E-state index contributed by atoms with van der Waals surface area (Å²) < 4.78 is 16.3. The van der Waals surface area contributed by atoms with Crippen molar-refractivity contribution in [3.05, 3.63) is 65.0 Å². The molecule has 1 aromatic heterocycles. The highest BCUT2D eigenvalue weighted by Gasteiger charge is 2.22. The lowest BCUT2D eigenvalue weighted by molar-refractivity contribution is 0.0528. The smallest absolute Gasteiger partial charge is 0.341 e. The summed E-state index contributed by atoms with van der Waals surface area (Å²) in [6, 6.07) is 14.8. The maximum Gasteiger partial charge on any atom is 0.341 e. The Kier molecular flexibility index (Phi) is 5.99. The van der Waals surface area contributed by atoms with Crippen LogP contribution in [0, 0.1) is 0 Å². The third-order valence-corrected chi connectivity index (χ3v) is 5.57. The second kappa shape index (κ2) is 9.00. The predicted molar refractivity (Wildman–Crippen MR) is 116 cm³/mol. The zero-order valence-electron chi connectivity index (χ0n) is 16.5. The molecule has 2 aromatic carbocycles. The Morgan fingerprint density at radius 3 is 2.60 bits per heavy atom. The van der Waals surface area contributed by atoms with Gasteiger partial charge in [-0.05, 0) is 30.7 Å². The van der Waals surface area contributed by atoms with Crippen molar-refractivity contribution in [1.29, 1.82) is 0 Å². The molecule has 4 rings (SSSR count). The number of fused-ring (bicyclic) bond motifs is 1. The number of hydrogen-bond acceptors (Lipinski definition) is 7. The fourth-order valence-electron chi connectivity index (χ4n) is 3.20. The molecule has 0 unspecified atom stereocenters. The first-order valence-electron chi connectivity index (χ1n) is 9.68. The Hall–Kier alpha value is -3.32. The van der Waals surface area contributed by atoms with Crippen LogP contribution < -0.4 is 14.8 Å². The van der Waals surface area contributed by atoms with Crippen LogP contribution in [0.4, 0.5) is 5.00 Å². The summed E-state index contributed by atoms with van der Waals surface area (Å²) in [6.45, 7) is 3.05. The van der Waals surface area contributed by atoms with Crippen LogP contribution in [-0.4, -0.2) is 38.1 Å². The average molecular weight is 423 g/mol. The molecule has 0 radical (unpaired) electrons. The van der Waals surface area contributed by atoms with Crippen molar-refractivity contribution < 1.29 is 23.8 Å². The van der Waals surface area contributed by atoms with Crippen LogP contribution in [0.25, 0.3) is 11.1 Å². The first kappa shape index (κ1) is 20.0. The van der Waals surface area contributed by atoms with Gasteiger partial charge in [0.05, 0.1) is 13.2 Å². The Bertz CT molecular complexity index is 1060. The van der Waals surface area contributed by atoms with Crippen molar-refractivity contribution in [3.63, 3.8) is 0 Å². The Morgan fingerprint density at radius 2 is 1.83 bits per heavy atom. The van der Waals surface area contributed by atoms with E-state index in [1.54, 1.807) is 25.1 Å². The van der Waals surface area contributed by atoms with Crippen molar-refractivity contribution in [2.75, 3.05) is 31.7 Å². The van der Waals surface area contributed by atoms with E-state index in [0.717, 1.165) is 11.1 Å². The maximum atomic E-state index is 12.7. The van der Waals surface area contributed by atoms with E-state index in [2.05, 4.69) is 5.32 Å². The van der Waals surface area contributed by atoms with E-state index in [-0.39, 0.29) is 18.9 Å². The van der Waals surface area contributed by atoms with Gasteiger partial charge in [-0.15, -0.1) is 11.3 Å². The van der Waals surface area contributed by atoms with Crippen molar-refractivity contribution >= 4 is 28.1 Å². The van der Waals surface area contributed by atoms with Gasteiger partial charge in [-0.1, -0.05) is 30.3 Å². The van der Waals surface area contributed by atoms with Gasteiger partial charge < -0.3 is 19.5 Å². The monoisotopic (exact) mass is 423 g/mol. The number of hydrogen-bond donors (Lipinski definition) is 1. The third-order valence-electron chi connectivity index (χ3n) is 4.63. The van der Waals surface area contributed by atoms with E-state index >= 15 is 0 Å². The predicted octanol–water partition coefficient (Wildman–Crippen LogP) is 4.66. The second-order valence-corrected chi connectivity index (χ2v) is 7.45. The molecule has 0 saturated carbocycles. The lowest BCUT2D eigenvalue weighted by Gasteiger charge is -2.18. The molecule has 0 amide bonds. The molecular formula is C23H21NO5S. The number of carbonyl (C=O) groups excluding carboxylic acids is 2. The Morgan fingerprint density at radius 1 is 1.07 bits per heavy atom. The number of ketones is 1. The van der Waals surface area contributed by atoms with Gasteiger partial charge in [0, 0.05) is 16.5 Å². The van der Waals surface area contributed by atoms with E-state index in [9.17, 15) is 9.59 Å². The molecule has 6 nitrogen and oxygen atoms in total. The van der Waals surface area contributed by atoms with Gasteiger partial charge in [-0.2, -0.15) is 0 Å². The molecule has 30 heavy (non-hydrogen) atoms. The standard InChI is InChI=1S/C23H21NO5S/c1-2-27-23(26)21-17(15-6-4-3-5-7-15)14-30-22(21)24-13-18(25)16-8-9-19-20(12-16)29-11-10-28-19/h3-9,12,14,24H,2,10-11,13H2,1H3. The average Bonchev–Trinajstić information content (AvgIpc) is 3.22. The maximum absolute atomic E-state index is 12.7. The number of Topliss-reactive ketones (excluding diaryl/α,β-unsaturated/α-hetero) is 1. The molecule has 0 atom stereocenters. The van der Waals surface area contributed by atoms with Crippen LogP contribution in [0.5, 0.6) is 11.5 Å². The van der Waals surface area contributed by atoms with E-state index in [1.807, 2.05) is 35.7 Å². The molecule has 1 aliphatic heterocycles. The molecule has 0 fully saturated rings. The van der Waals surface area contributed by atoms with Crippen molar-refractivity contribution in [2.45, 2.75) is 6.92 Å². The summed E-state index contributed by atoms with van der Waals surface area (Å²) in [4.78, 5) is 25.3. The highest BCUT2D eigenvalue weighted by Crippen LogP contribution is 2.36. The van der Waals surface area contributed by atoms with E-state index in [4.69, 9.17) is 14.2 Å². The van der Waals surface area contributed by atoms with Gasteiger partial charge >= 0.3 is 5.97 Å². The quantitative estimate of drug-likeness (QED) is 0.440. The largest absolute Gasteiger partial charge is 0.486 e. The van der Waals surface area contributed by atoms with Gasteiger partial charge in [0.25, 0.3) is 0 Å². The molecule has 0 saturated heterocycles. The van der Waals surface area contributed by atoms with Gasteiger partial charge in [0.2, 0.25) is 0 Å². The third kappa shape index (κ3) is 4.16. The number of ether oxygens (including phenoxy) is 3. The molecule has 7 heteroatoms. The summed E-state index contributed by atoms with van der Waals surface area (Å²) in [5.41, 5.74) is 2.67. The van der Waals surface area contributed by atoms with E-state index < -0.39 is 5.97 Å². The molecule has 154 valence electrons. The number of anilines is 1. The number of esters is 1. The van der Waals surface area contributed by atoms with E-state index in [0.29, 0.717) is 40.8 Å². The van der Waals surface area contributed by atoms with E-state index in [1.165, 1.54) is 11.3 Å². The summed E-state index contributed by atoms with van der Waals surface area (Å²) in [5, 5.41) is 5.63. The van der Waals surface area contributed by atoms with Crippen molar-refractivity contribution in [2.24, 2.45) is 0 Å². The summed E-state index contributed by atoms with van der Waals surface area (Å²) in [6.07, 6.45) is 0. The van der Waals surface area contributed by atoms with Gasteiger partial charge in [0.15, 0.2) is 17.3 Å². The van der Waals surface area contributed by atoms with Gasteiger partial charge in [-0.3, -0.25) is 4.79 Å². The number of carbonyl (C=O) groups is 2. The lowest BCUT2D eigenvalue weighted by Crippen LogP contribution is -2.18. The number of benzene rings is 2. The Balaban J connectivity index is 1.55. The number of rotatable bonds is 7. The van der Waals surface area contributed by atoms with Gasteiger partial charge in [-0.25, -0.2) is 4.79 Å². The number of nitrogens with one attached hydrogen (secondary N) is 1. The topological polar surface area (TPSA) is 73.9 Å². The van der Waals surface area contributed by atoms with Crippen LogP contribution in [0.3, 0.4) is 0 Å². The summed E-state index contributed by atoms with van der Waals surface area (Å²) in [5.74, 6) is 0.686. The minimum atomic E-state index is -0.410.